The quantitative estimate of drug-likeness (QED) is 0.145. The van der Waals surface area contributed by atoms with E-state index in [9.17, 15) is 9.59 Å². The van der Waals surface area contributed by atoms with Crippen LogP contribution in [0, 0.1) is 0 Å². The monoisotopic (exact) mass is 543 g/mol. The minimum absolute atomic E-state index is 0.161. The molecule has 0 atom stereocenters. The van der Waals surface area contributed by atoms with Crippen molar-refractivity contribution in [3.8, 4) is 0 Å². The molecule has 218 valence electrons. The fourth-order valence-corrected chi connectivity index (χ4v) is 2.71. The van der Waals surface area contributed by atoms with Gasteiger partial charge in [0.15, 0.2) is 0 Å². The van der Waals surface area contributed by atoms with E-state index < -0.39 is 11.7 Å². The molecule has 0 aliphatic rings. The Morgan fingerprint density at radius 3 is 1.39 bits per heavy atom. The van der Waals surface area contributed by atoms with E-state index in [1.165, 1.54) is 0 Å². The summed E-state index contributed by atoms with van der Waals surface area (Å²) >= 11 is 0. The van der Waals surface area contributed by atoms with E-state index >= 15 is 0 Å². The van der Waals surface area contributed by atoms with Gasteiger partial charge in [-0.1, -0.05) is 0 Å². The summed E-state index contributed by atoms with van der Waals surface area (Å²) in [6.07, 6.45) is -0.456. The average molecular weight is 544 g/mol. The van der Waals surface area contributed by atoms with Gasteiger partial charge >= 0.3 is 6.09 Å². The van der Waals surface area contributed by atoms with Crippen LogP contribution in [0.2, 0.25) is 0 Å². The highest BCUT2D eigenvalue weighted by Gasteiger charge is 2.15. The molecule has 0 aromatic heterocycles. The number of rotatable bonds is 22. The third-order valence-corrected chi connectivity index (χ3v) is 4.48. The van der Waals surface area contributed by atoms with E-state index in [0.717, 1.165) is 0 Å². The highest BCUT2D eigenvalue weighted by molar-refractivity contribution is 5.94. The first-order chi connectivity index (χ1) is 18.3. The molecule has 0 unspecified atom stereocenters. The number of carbonyl (C=O) groups is 2. The lowest BCUT2D eigenvalue weighted by Crippen LogP contribution is -2.34. The molecule has 0 fully saturated rings. The van der Waals surface area contributed by atoms with Gasteiger partial charge in [0.25, 0.3) is 5.91 Å². The van der Waals surface area contributed by atoms with Crippen LogP contribution >= 0.6 is 0 Å². The van der Waals surface area contributed by atoms with Crippen LogP contribution in [0.25, 0.3) is 0 Å². The molecule has 4 N–H and O–H groups in total. The first-order valence-electron chi connectivity index (χ1n) is 12.8. The number of anilines is 1. The summed E-state index contributed by atoms with van der Waals surface area (Å²) in [5.41, 5.74) is 6.27. The molecule has 0 aliphatic carbocycles. The van der Waals surface area contributed by atoms with Crippen LogP contribution in [0.1, 0.15) is 31.1 Å². The number of nitrogens with one attached hydrogen (secondary N) is 2. The first-order valence-corrected chi connectivity index (χ1v) is 12.8. The lowest BCUT2D eigenvalue weighted by Gasteiger charge is -2.19. The standard InChI is InChI=1S/C26H45N3O9/c1-26(2,3)38-25(31)29-9-11-33-13-15-35-17-19-37-21-20-36-18-16-34-14-12-32-10-8-28-24(30)22-4-6-23(27)7-5-22/h4-7H,8-21,27H2,1-3H3,(H,28,30)(H,29,31). The predicted octanol–water partition coefficient (Wildman–Crippen LogP) is 1.62. The third kappa shape index (κ3) is 20.6. The summed E-state index contributed by atoms with van der Waals surface area (Å²) < 4.78 is 37.6. The Bertz CT molecular complexity index is 742. The van der Waals surface area contributed by atoms with Crippen LogP contribution in [0.4, 0.5) is 10.5 Å². The fraction of sp³-hybridized carbons (Fsp3) is 0.692. The molecule has 0 bridgehead atoms. The van der Waals surface area contributed by atoms with E-state index in [1.54, 1.807) is 24.3 Å². The number of ether oxygens (including phenoxy) is 7. The molecule has 0 aliphatic heterocycles. The van der Waals surface area contributed by atoms with Gasteiger partial charge in [0, 0.05) is 24.3 Å². The molecule has 0 heterocycles. The van der Waals surface area contributed by atoms with Crippen molar-refractivity contribution in [1.29, 1.82) is 0 Å². The summed E-state index contributed by atoms with van der Waals surface area (Å²) in [6.45, 7) is 11.6. The van der Waals surface area contributed by atoms with Gasteiger partial charge in [-0.05, 0) is 45.0 Å². The van der Waals surface area contributed by atoms with E-state index in [0.29, 0.717) is 104 Å². The normalized spacial score (nSPS) is 11.3. The lowest BCUT2D eigenvalue weighted by molar-refractivity contribution is -0.0164. The van der Waals surface area contributed by atoms with Crippen molar-refractivity contribution >= 4 is 17.7 Å². The first kappa shape index (κ1) is 33.5. The molecule has 1 aromatic carbocycles. The third-order valence-electron chi connectivity index (χ3n) is 4.48. The maximum Gasteiger partial charge on any atom is 0.407 e. The fourth-order valence-electron chi connectivity index (χ4n) is 2.71. The van der Waals surface area contributed by atoms with Crippen molar-refractivity contribution in [2.24, 2.45) is 0 Å². The Balaban J connectivity index is 1.73. The van der Waals surface area contributed by atoms with Crippen molar-refractivity contribution in [1.82, 2.24) is 10.6 Å². The van der Waals surface area contributed by atoms with Crippen molar-refractivity contribution in [3.63, 3.8) is 0 Å². The SMILES string of the molecule is CC(C)(C)OC(=O)NCCOCCOCCOCCOCCOCCOCCNC(=O)c1ccc(N)cc1. The molecule has 12 heteroatoms. The topological polar surface area (TPSA) is 149 Å². The predicted molar refractivity (Wildman–Crippen MR) is 142 cm³/mol. The van der Waals surface area contributed by atoms with Crippen molar-refractivity contribution in [2.75, 3.05) is 98.1 Å². The number of amides is 2. The molecule has 1 rings (SSSR count). The zero-order valence-corrected chi connectivity index (χ0v) is 23.0. The van der Waals surface area contributed by atoms with E-state index in [1.807, 2.05) is 20.8 Å². The Hall–Kier alpha value is -2.48. The van der Waals surface area contributed by atoms with Crippen LogP contribution in [0.5, 0.6) is 0 Å². The van der Waals surface area contributed by atoms with E-state index in [4.69, 9.17) is 38.9 Å². The van der Waals surface area contributed by atoms with Crippen LogP contribution < -0.4 is 16.4 Å². The van der Waals surface area contributed by atoms with Gasteiger partial charge in [-0.3, -0.25) is 4.79 Å². The summed E-state index contributed by atoms with van der Waals surface area (Å²) in [5.74, 6) is -0.161. The summed E-state index contributed by atoms with van der Waals surface area (Å²) in [6, 6.07) is 6.74. The van der Waals surface area contributed by atoms with Crippen LogP contribution in [0.3, 0.4) is 0 Å². The van der Waals surface area contributed by atoms with Gasteiger partial charge in [-0.2, -0.15) is 0 Å². The average Bonchev–Trinajstić information content (AvgIpc) is 2.86. The van der Waals surface area contributed by atoms with Gasteiger partial charge in [-0.15, -0.1) is 0 Å². The molecule has 1 aromatic rings. The Kier molecular flexibility index (Phi) is 18.9. The maximum absolute atomic E-state index is 11.9. The second-order valence-corrected chi connectivity index (χ2v) is 8.98. The molecule has 0 saturated carbocycles. The molecular formula is C26H45N3O9. The number of hydrogen-bond donors (Lipinski definition) is 3. The number of carbonyl (C=O) groups excluding carboxylic acids is 2. The van der Waals surface area contributed by atoms with E-state index in [-0.39, 0.29) is 5.91 Å². The maximum atomic E-state index is 11.9. The largest absolute Gasteiger partial charge is 0.444 e. The smallest absolute Gasteiger partial charge is 0.407 e. The van der Waals surface area contributed by atoms with Gasteiger partial charge in [0.05, 0.1) is 79.3 Å². The molecular weight excluding hydrogens is 498 g/mol. The second kappa shape index (κ2) is 21.5. The van der Waals surface area contributed by atoms with Gasteiger partial charge in [0.1, 0.15) is 5.60 Å². The van der Waals surface area contributed by atoms with Gasteiger partial charge in [-0.25, -0.2) is 4.79 Å². The van der Waals surface area contributed by atoms with Crippen LogP contribution in [0.15, 0.2) is 24.3 Å². The Labute approximate surface area is 225 Å². The van der Waals surface area contributed by atoms with Crippen LogP contribution in [-0.4, -0.2) is 110 Å². The number of nitrogen functional groups attached to an aromatic ring is 1. The van der Waals surface area contributed by atoms with Gasteiger partial charge in [0.2, 0.25) is 0 Å². The number of hydrogen-bond acceptors (Lipinski definition) is 10. The van der Waals surface area contributed by atoms with Crippen LogP contribution in [-0.2, 0) is 33.2 Å². The summed E-state index contributed by atoms with van der Waals surface area (Å²) in [5, 5.41) is 5.40. The lowest BCUT2D eigenvalue weighted by atomic mass is 10.2. The Morgan fingerprint density at radius 2 is 1.00 bits per heavy atom. The number of benzene rings is 1. The molecule has 0 spiro atoms. The zero-order valence-electron chi connectivity index (χ0n) is 23.0. The summed E-state index contributed by atoms with van der Waals surface area (Å²) in [4.78, 5) is 23.4. The van der Waals surface area contributed by atoms with Crippen molar-refractivity contribution in [2.45, 2.75) is 26.4 Å². The summed E-state index contributed by atoms with van der Waals surface area (Å²) in [7, 11) is 0. The zero-order chi connectivity index (χ0) is 27.9. The van der Waals surface area contributed by atoms with E-state index in [2.05, 4.69) is 10.6 Å². The Morgan fingerprint density at radius 1 is 0.632 bits per heavy atom. The minimum atomic E-state index is -0.512. The number of nitrogens with two attached hydrogens (primary N) is 1. The molecule has 38 heavy (non-hydrogen) atoms. The second-order valence-electron chi connectivity index (χ2n) is 8.98. The molecule has 12 nitrogen and oxygen atoms in total. The van der Waals surface area contributed by atoms with Crippen molar-refractivity contribution < 1.29 is 42.7 Å². The highest BCUT2D eigenvalue weighted by Crippen LogP contribution is 2.06. The van der Waals surface area contributed by atoms with Gasteiger partial charge < -0.3 is 49.5 Å². The highest BCUT2D eigenvalue weighted by atomic mass is 16.6. The molecule has 0 radical (unpaired) electrons. The minimum Gasteiger partial charge on any atom is -0.444 e. The number of alkyl carbamates (subject to hydrolysis) is 1. The molecule has 2 amide bonds. The van der Waals surface area contributed by atoms with Crippen molar-refractivity contribution in [3.05, 3.63) is 29.8 Å². The molecule has 0 saturated heterocycles.